The van der Waals surface area contributed by atoms with Crippen LogP contribution in [0.2, 0.25) is 6.32 Å². The van der Waals surface area contributed by atoms with Gasteiger partial charge in [-0.2, -0.15) is 9.12 Å². The van der Waals surface area contributed by atoms with E-state index in [4.69, 9.17) is 0 Å². The summed E-state index contributed by atoms with van der Waals surface area (Å²) < 4.78 is 12.4. The van der Waals surface area contributed by atoms with E-state index in [1.165, 1.54) is 0 Å². The molecule has 42 valence electrons. The van der Waals surface area contributed by atoms with Gasteiger partial charge in [-0.25, -0.2) is 4.39 Å². The van der Waals surface area contributed by atoms with Crippen molar-refractivity contribution in [2.24, 2.45) is 0 Å². The summed E-state index contributed by atoms with van der Waals surface area (Å²) in [6.45, 7) is 4.04. The molecule has 0 amide bonds. The summed E-state index contributed by atoms with van der Waals surface area (Å²) in [4.78, 5) is 0. The molecule has 1 unspecified atom stereocenters. The Morgan fingerprint density at radius 2 is 2.14 bits per heavy atom. The van der Waals surface area contributed by atoms with Crippen LogP contribution >= 0.6 is 9.12 Å². The van der Waals surface area contributed by atoms with E-state index < -0.39 is 5.67 Å². The molecular weight excluding hydrogens is 109 g/mol. The standard InChI is InChI=1S/C4H11BFP/c1-4(2,6)3-5-7/h5H,3,7H2,1-2H3. The van der Waals surface area contributed by atoms with E-state index >= 15 is 0 Å². The fourth-order valence-corrected chi connectivity index (χ4v) is 1.03. The van der Waals surface area contributed by atoms with Crippen LogP contribution in [0.4, 0.5) is 4.39 Å². The average Bonchev–Trinajstić information content (AvgIpc) is 1.30. The van der Waals surface area contributed by atoms with E-state index in [0.717, 1.165) is 7.00 Å². The largest absolute Gasteiger partial charge is 0.245 e. The van der Waals surface area contributed by atoms with Crippen molar-refractivity contribution < 1.29 is 4.39 Å². The first kappa shape index (κ1) is 7.42. The van der Waals surface area contributed by atoms with Gasteiger partial charge in [0.1, 0.15) is 7.00 Å². The molecule has 0 N–H and O–H groups in total. The van der Waals surface area contributed by atoms with Gasteiger partial charge < -0.3 is 0 Å². The highest BCUT2D eigenvalue weighted by atomic mass is 31.0. The predicted octanol–water partition coefficient (Wildman–Crippen LogP) is 1.38. The summed E-state index contributed by atoms with van der Waals surface area (Å²) in [7, 11) is 2.50. The highest BCUT2D eigenvalue weighted by molar-refractivity contribution is 7.55. The molecule has 7 heavy (non-hydrogen) atoms. The summed E-state index contributed by atoms with van der Waals surface area (Å²) in [6.07, 6.45) is 0.637. The minimum atomic E-state index is -0.970. The fraction of sp³-hybridized carbons (Fsp3) is 1.00. The lowest BCUT2D eigenvalue weighted by atomic mass is 9.90. The SMILES string of the molecule is CC(C)(F)CBP. The number of hydrogen-bond acceptors (Lipinski definition) is 0. The van der Waals surface area contributed by atoms with E-state index in [1.54, 1.807) is 13.8 Å². The van der Waals surface area contributed by atoms with Gasteiger partial charge in [0.15, 0.2) is 0 Å². The molecule has 3 heteroatoms. The predicted molar refractivity (Wildman–Crippen MR) is 36.9 cm³/mol. The van der Waals surface area contributed by atoms with Gasteiger partial charge in [-0.3, -0.25) is 0 Å². The lowest BCUT2D eigenvalue weighted by Crippen LogP contribution is -2.11. The van der Waals surface area contributed by atoms with Gasteiger partial charge >= 0.3 is 0 Å². The van der Waals surface area contributed by atoms with Crippen molar-refractivity contribution >= 4 is 16.1 Å². The quantitative estimate of drug-likeness (QED) is 0.381. The molecule has 0 nitrogen and oxygen atoms in total. The number of halogens is 1. The van der Waals surface area contributed by atoms with Crippen LogP contribution in [-0.2, 0) is 0 Å². The summed E-state index contributed by atoms with van der Waals surface area (Å²) in [5.41, 5.74) is -0.970. The Labute approximate surface area is 47.3 Å². The summed E-state index contributed by atoms with van der Waals surface area (Å²) in [5.74, 6) is 0. The number of alkyl halides is 1. The minimum absolute atomic E-state index is 0.637. The first-order valence-electron chi connectivity index (χ1n) is 2.45. The average molecular weight is 120 g/mol. The molecule has 0 aliphatic rings. The molecule has 0 spiro atoms. The van der Waals surface area contributed by atoms with Gasteiger partial charge in [0, 0.05) is 0 Å². The second-order valence-corrected chi connectivity index (χ2v) is 2.83. The van der Waals surface area contributed by atoms with Crippen molar-refractivity contribution in [1.82, 2.24) is 0 Å². The van der Waals surface area contributed by atoms with Crippen molar-refractivity contribution in [1.29, 1.82) is 0 Å². The smallest absolute Gasteiger partial charge is 0.148 e. The Balaban J connectivity index is 3.15. The molecule has 0 aromatic rings. The van der Waals surface area contributed by atoms with E-state index in [1.807, 2.05) is 0 Å². The highest BCUT2D eigenvalue weighted by Gasteiger charge is 2.12. The molecule has 0 heterocycles. The van der Waals surface area contributed by atoms with Gasteiger partial charge in [0.2, 0.25) is 0 Å². The maximum atomic E-state index is 12.4. The van der Waals surface area contributed by atoms with E-state index in [9.17, 15) is 4.39 Å². The van der Waals surface area contributed by atoms with Crippen molar-refractivity contribution in [3.8, 4) is 0 Å². The third kappa shape index (κ3) is 6.42. The van der Waals surface area contributed by atoms with Crippen LogP contribution in [0.3, 0.4) is 0 Å². The first-order valence-corrected chi connectivity index (χ1v) is 3.27. The van der Waals surface area contributed by atoms with E-state index in [-0.39, 0.29) is 0 Å². The Morgan fingerprint density at radius 3 is 2.14 bits per heavy atom. The zero-order valence-electron chi connectivity index (χ0n) is 4.87. The van der Waals surface area contributed by atoms with Crippen molar-refractivity contribution in [3.05, 3.63) is 0 Å². The van der Waals surface area contributed by atoms with Gasteiger partial charge in [0.25, 0.3) is 0 Å². The van der Waals surface area contributed by atoms with Crippen LogP contribution in [0.1, 0.15) is 13.8 Å². The molecule has 0 saturated heterocycles. The van der Waals surface area contributed by atoms with Crippen molar-refractivity contribution in [2.75, 3.05) is 0 Å². The van der Waals surface area contributed by atoms with Crippen LogP contribution < -0.4 is 0 Å². The molecule has 0 fully saturated rings. The Bertz CT molecular complexity index is 50.1. The molecule has 0 aliphatic heterocycles. The Morgan fingerprint density at radius 1 is 1.71 bits per heavy atom. The molecule has 0 rings (SSSR count). The summed E-state index contributed by atoms with van der Waals surface area (Å²) >= 11 is 0. The van der Waals surface area contributed by atoms with Gasteiger partial charge in [0.05, 0.1) is 5.67 Å². The molecule has 0 aromatic heterocycles. The van der Waals surface area contributed by atoms with Gasteiger partial charge in [-0.15, -0.1) is 0 Å². The third-order valence-corrected chi connectivity index (χ3v) is 1.03. The Hall–Kier alpha value is 0.425. The van der Waals surface area contributed by atoms with Crippen LogP contribution in [-0.4, -0.2) is 12.7 Å². The second kappa shape index (κ2) is 2.66. The monoisotopic (exact) mass is 120 g/mol. The normalized spacial score (nSPS) is 11.4. The van der Waals surface area contributed by atoms with Crippen LogP contribution in [0.25, 0.3) is 0 Å². The van der Waals surface area contributed by atoms with Crippen LogP contribution in [0.5, 0.6) is 0 Å². The second-order valence-electron chi connectivity index (χ2n) is 2.26. The molecule has 0 bridgehead atoms. The van der Waals surface area contributed by atoms with Crippen LogP contribution in [0.15, 0.2) is 0 Å². The maximum absolute atomic E-state index is 12.4. The van der Waals surface area contributed by atoms with E-state index in [2.05, 4.69) is 9.12 Å². The summed E-state index contributed by atoms with van der Waals surface area (Å²) in [5, 5.41) is 0. The highest BCUT2D eigenvalue weighted by Crippen LogP contribution is 2.14. The van der Waals surface area contributed by atoms with E-state index in [0.29, 0.717) is 6.32 Å². The van der Waals surface area contributed by atoms with Crippen molar-refractivity contribution in [3.63, 3.8) is 0 Å². The molecule has 0 aliphatic carbocycles. The van der Waals surface area contributed by atoms with Gasteiger partial charge in [-0.1, -0.05) is 0 Å². The molecular formula is C4H11BFP. The molecule has 0 radical (unpaired) electrons. The zero-order chi connectivity index (χ0) is 5.91. The zero-order valence-corrected chi connectivity index (χ0v) is 6.02. The number of hydrogen-bond donors (Lipinski definition) is 0. The molecule has 0 aromatic carbocycles. The first-order chi connectivity index (χ1) is 3.06. The number of rotatable bonds is 2. The Kier molecular flexibility index (Phi) is 2.83. The van der Waals surface area contributed by atoms with Crippen molar-refractivity contribution in [2.45, 2.75) is 25.8 Å². The molecule has 1 atom stereocenters. The van der Waals surface area contributed by atoms with Gasteiger partial charge in [-0.05, 0) is 20.2 Å². The minimum Gasteiger partial charge on any atom is -0.245 e. The fourth-order valence-electron chi connectivity index (χ4n) is 0.343. The third-order valence-electron chi connectivity index (χ3n) is 0.739. The topological polar surface area (TPSA) is 0 Å². The summed E-state index contributed by atoms with van der Waals surface area (Å²) in [6, 6.07) is 0. The lowest BCUT2D eigenvalue weighted by molar-refractivity contribution is 0.246. The lowest BCUT2D eigenvalue weighted by Gasteiger charge is -2.09. The maximum Gasteiger partial charge on any atom is 0.148 e. The molecule has 0 saturated carbocycles. The van der Waals surface area contributed by atoms with Crippen LogP contribution in [0, 0.1) is 0 Å².